The molecule has 150 valence electrons. The normalized spacial score (nSPS) is 17.6. The maximum atomic E-state index is 12.8. The SMILES string of the molecule is O=C(Nc1ccc2c(c1)OCO2)C1CCN(S(=O)(=O)c2cc(Br)c(Br)s2)CC1. The largest absolute Gasteiger partial charge is 0.454 e. The summed E-state index contributed by atoms with van der Waals surface area (Å²) in [5.74, 6) is 0.909. The van der Waals surface area contributed by atoms with Gasteiger partial charge in [0.05, 0.1) is 3.79 Å². The second-order valence-electron chi connectivity index (χ2n) is 6.42. The number of amides is 1. The summed E-state index contributed by atoms with van der Waals surface area (Å²) in [7, 11) is -3.55. The molecule has 0 radical (unpaired) electrons. The Hall–Kier alpha value is -1.14. The van der Waals surface area contributed by atoms with Crippen LogP contribution in [0.25, 0.3) is 0 Å². The summed E-state index contributed by atoms with van der Waals surface area (Å²) >= 11 is 7.82. The molecule has 2 aliphatic rings. The Morgan fingerprint density at radius 2 is 1.86 bits per heavy atom. The fourth-order valence-corrected chi connectivity index (χ4v) is 7.60. The Bertz CT molecular complexity index is 997. The van der Waals surface area contributed by atoms with Crippen molar-refractivity contribution in [3.63, 3.8) is 0 Å². The van der Waals surface area contributed by atoms with Gasteiger partial charge in [0.2, 0.25) is 12.7 Å². The van der Waals surface area contributed by atoms with Gasteiger partial charge in [-0.1, -0.05) is 0 Å². The lowest BCUT2D eigenvalue weighted by Crippen LogP contribution is -2.41. The molecular formula is C17H16Br2N2O5S2. The molecule has 3 heterocycles. The van der Waals surface area contributed by atoms with E-state index in [0.29, 0.717) is 47.6 Å². The highest BCUT2D eigenvalue weighted by Crippen LogP contribution is 2.37. The fourth-order valence-electron chi connectivity index (χ4n) is 3.16. The summed E-state index contributed by atoms with van der Waals surface area (Å²) < 4.78 is 39.4. The van der Waals surface area contributed by atoms with Crippen LogP contribution in [0.5, 0.6) is 11.5 Å². The third-order valence-corrected chi connectivity index (χ3v) is 10.3. The number of thiophene rings is 1. The number of carbonyl (C=O) groups excluding carboxylic acids is 1. The average molecular weight is 552 g/mol. The van der Waals surface area contributed by atoms with Crippen LogP contribution >= 0.6 is 43.2 Å². The number of sulfonamides is 1. The number of fused-ring (bicyclic) bond motifs is 1. The van der Waals surface area contributed by atoms with Crippen molar-refractivity contribution in [2.24, 2.45) is 5.92 Å². The Balaban J connectivity index is 1.37. The molecule has 4 rings (SSSR count). The highest BCUT2D eigenvalue weighted by Gasteiger charge is 2.33. The van der Waals surface area contributed by atoms with E-state index in [9.17, 15) is 13.2 Å². The highest BCUT2D eigenvalue weighted by molar-refractivity contribution is 9.13. The maximum absolute atomic E-state index is 12.8. The molecule has 0 spiro atoms. The van der Waals surface area contributed by atoms with Crippen molar-refractivity contribution in [3.8, 4) is 11.5 Å². The van der Waals surface area contributed by atoms with Crippen LogP contribution in [-0.4, -0.2) is 38.5 Å². The summed E-state index contributed by atoms with van der Waals surface area (Å²) in [5.41, 5.74) is 0.637. The lowest BCUT2D eigenvalue weighted by Gasteiger charge is -2.30. The molecule has 1 aromatic heterocycles. The van der Waals surface area contributed by atoms with E-state index in [4.69, 9.17) is 9.47 Å². The second kappa shape index (κ2) is 7.94. The summed E-state index contributed by atoms with van der Waals surface area (Å²) in [6, 6.07) is 6.84. The van der Waals surface area contributed by atoms with Crippen LogP contribution in [0.15, 0.2) is 36.7 Å². The van der Waals surface area contributed by atoms with Crippen LogP contribution in [0.4, 0.5) is 5.69 Å². The molecule has 0 saturated carbocycles. The third-order valence-electron chi connectivity index (χ3n) is 4.68. The number of anilines is 1. The number of hydrogen-bond acceptors (Lipinski definition) is 6. The first-order valence-electron chi connectivity index (χ1n) is 8.50. The van der Waals surface area contributed by atoms with Crippen LogP contribution < -0.4 is 14.8 Å². The van der Waals surface area contributed by atoms with E-state index in [2.05, 4.69) is 37.2 Å². The lowest BCUT2D eigenvalue weighted by molar-refractivity contribution is -0.120. The number of rotatable bonds is 4. The molecule has 0 unspecified atom stereocenters. The maximum Gasteiger partial charge on any atom is 0.252 e. The van der Waals surface area contributed by atoms with Crippen LogP contribution in [0.3, 0.4) is 0 Å². The molecule has 28 heavy (non-hydrogen) atoms. The van der Waals surface area contributed by atoms with E-state index in [1.165, 1.54) is 15.6 Å². The van der Waals surface area contributed by atoms with E-state index in [1.54, 1.807) is 24.3 Å². The van der Waals surface area contributed by atoms with Gasteiger partial charge in [-0.05, 0) is 62.9 Å². The average Bonchev–Trinajstić information content (AvgIpc) is 3.28. The van der Waals surface area contributed by atoms with Crippen molar-refractivity contribution in [1.29, 1.82) is 0 Å². The first-order chi connectivity index (χ1) is 13.3. The molecule has 0 atom stereocenters. The van der Waals surface area contributed by atoms with Gasteiger partial charge in [0.1, 0.15) is 4.21 Å². The highest BCUT2D eigenvalue weighted by atomic mass is 79.9. The number of nitrogens with zero attached hydrogens (tertiary/aromatic N) is 1. The van der Waals surface area contributed by atoms with E-state index >= 15 is 0 Å². The summed E-state index contributed by atoms with van der Waals surface area (Å²) in [6.07, 6.45) is 0.951. The molecule has 11 heteroatoms. The number of carbonyl (C=O) groups is 1. The molecule has 0 aliphatic carbocycles. The van der Waals surface area contributed by atoms with Crippen molar-refractivity contribution < 1.29 is 22.7 Å². The van der Waals surface area contributed by atoms with Crippen LogP contribution in [0.1, 0.15) is 12.8 Å². The predicted octanol–water partition coefficient (Wildman–Crippen LogP) is 4.04. The zero-order chi connectivity index (χ0) is 19.9. The van der Waals surface area contributed by atoms with Gasteiger partial charge in [0, 0.05) is 35.2 Å². The Morgan fingerprint density at radius 3 is 2.54 bits per heavy atom. The minimum Gasteiger partial charge on any atom is -0.454 e. The topological polar surface area (TPSA) is 84.9 Å². The molecule has 2 aromatic rings. The third kappa shape index (κ3) is 3.95. The predicted molar refractivity (Wildman–Crippen MR) is 112 cm³/mol. The second-order valence-corrected chi connectivity index (χ2v) is 11.8. The van der Waals surface area contributed by atoms with Gasteiger partial charge < -0.3 is 14.8 Å². The summed E-state index contributed by atoms with van der Waals surface area (Å²) in [4.78, 5) is 12.6. The van der Waals surface area contributed by atoms with E-state index in [1.807, 2.05) is 0 Å². The molecule has 1 fully saturated rings. The van der Waals surface area contributed by atoms with Gasteiger partial charge in [-0.3, -0.25) is 4.79 Å². The first kappa shape index (κ1) is 20.1. The van der Waals surface area contributed by atoms with E-state index < -0.39 is 10.0 Å². The van der Waals surface area contributed by atoms with Crippen LogP contribution in [-0.2, 0) is 14.8 Å². The minimum atomic E-state index is -3.55. The Labute approximate surface area is 183 Å². The van der Waals surface area contributed by atoms with Gasteiger partial charge in [-0.15, -0.1) is 11.3 Å². The van der Waals surface area contributed by atoms with Gasteiger partial charge in [-0.25, -0.2) is 8.42 Å². The summed E-state index contributed by atoms with van der Waals surface area (Å²) in [5, 5.41) is 2.88. The van der Waals surface area contributed by atoms with Gasteiger partial charge >= 0.3 is 0 Å². The molecule has 1 aromatic carbocycles. The fraction of sp³-hybridized carbons (Fsp3) is 0.353. The van der Waals surface area contributed by atoms with E-state index in [-0.39, 0.29) is 22.8 Å². The molecule has 1 saturated heterocycles. The van der Waals surface area contributed by atoms with Crippen molar-refractivity contribution >= 4 is 64.8 Å². The van der Waals surface area contributed by atoms with Gasteiger partial charge in [0.25, 0.3) is 10.0 Å². The van der Waals surface area contributed by atoms with Crippen molar-refractivity contribution in [3.05, 3.63) is 32.5 Å². The van der Waals surface area contributed by atoms with Crippen molar-refractivity contribution in [1.82, 2.24) is 4.31 Å². The molecule has 0 bridgehead atoms. The number of ether oxygens (including phenoxy) is 2. The van der Waals surface area contributed by atoms with Crippen molar-refractivity contribution in [2.75, 3.05) is 25.2 Å². The number of nitrogens with one attached hydrogen (secondary N) is 1. The first-order valence-corrected chi connectivity index (χ1v) is 12.3. The standard InChI is InChI=1S/C17H16Br2N2O5S2/c18-12-8-15(27-16(12)19)28(23,24)21-5-3-10(4-6-21)17(22)20-11-1-2-13-14(7-11)26-9-25-13/h1-2,7-8,10H,3-6,9H2,(H,20,22). The minimum absolute atomic E-state index is 0.113. The Morgan fingerprint density at radius 1 is 1.14 bits per heavy atom. The molecule has 1 N–H and O–H groups in total. The summed E-state index contributed by atoms with van der Waals surface area (Å²) in [6.45, 7) is 0.806. The number of halogens is 2. The number of benzene rings is 1. The molecule has 2 aliphatic heterocycles. The molecule has 1 amide bonds. The number of piperidine rings is 1. The van der Waals surface area contributed by atoms with Crippen LogP contribution in [0.2, 0.25) is 0 Å². The zero-order valence-corrected chi connectivity index (χ0v) is 19.3. The van der Waals surface area contributed by atoms with Gasteiger partial charge in [0.15, 0.2) is 11.5 Å². The van der Waals surface area contributed by atoms with E-state index in [0.717, 1.165) is 3.79 Å². The lowest BCUT2D eigenvalue weighted by atomic mass is 9.97. The molecular weight excluding hydrogens is 536 g/mol. The Kier molecular flexibility index (Phi) is 5.71. The van der Waals surface area contributed by atoms with Crippen LogP contribution in [0, 0.1) is 5.92 Å². The zero-order valence-electron chi connectivity index (χ0n) is 14.5. The monoisotopic (exact) mass is 550 g/mol. The van der Waals surface area contributed by atoms with Gasteiger partial charge in [-0.2, -0.15) is 4.31 Å². The smallest absolute Gasteiger partial charge is 0.252 e. The number of hydrogen-bond donors (Lipinski definition) is 1. The quantitative estimate of drug-likeness (QED) is 0.620. The molecule has 7 nitrogen and oxygen atoms in total. The van der Waals surface area contributed by atoms with Crippen molar-refractivity contribution in [2.45, 2.75) is 17.1 Å².